The molecule has 0 heterocycles. The zero-order valence-electron chi connectivity index (χ0n) is 13.9. The first kappa shape index (κ1) is 17.3. The first-order valence-corrected chi connectivity index (χ1v) is 7.79. The lowest BCUT2D eigenvalue weighted by atomic mass is 9.81. The summed E-state index contributed by atoms with van der Waals surface area (Å²) in [6.45, 7) is 0. The highest BCUT2D eigenvalue weighted by atomic mass is 16.5. The van der Waals surface area contributed by atoms with E-state index in [0.29, 0.717) is 30.1 Å². The van der Waals surface area contributed by atoms with Crippen molar-refractivity contribution in [2.75, 3.05) is 21.3 Å². The molecule has 0 aromatic heterocycles. The lowest BCUT2D eigenvalue weighted by Gasteiger charge is -2.29. The van der Waals surface area contributed by atoms with Gasteiger partial charge in [-0.1, -0.05) is 25.3 Å². The first-order valence-electron chi connectivity index (χ1n) is 7.79. The minimum Gasteiger partial charge on any atom is -0.493 e. The lowest BCUT2D eigenvalue weighted by molar-refractivity contribution is -0.135. The summed E-state index contributed by atoms with van der Waals surface area (Å²) in [6.07, 6.45) is 7.02. The molecule has 0 aliphatic heterocycles. The summed E-state index contributed by atoms with van der Waals surface area (Å²) < 4.78 is 15.8. The van der Waals surface area contributed by atoms with Crippen molar-refractivity contribution in [3.8, 4) is 17.2 Å². The van der Waals surface area contributed by atoms with Crippen molar-refractivity contribution in [3.63, 3.8) is 0 Å². The van der Waals surface area contributed by atoms with Crippen LogP contribution in [0, 0.1) is 0 Å². The lowest BCUT2D eigenvalue weighted by Crippen LogP contribution is -2.39. The van der Waals surface area contributed by atoms with Crippen LogP contribution in [0.4, 0.5) is 0 Å². The molecule has 126 valence electrons. The van der Waals surface area contributed by atoms with Gasteiger partial charge in [0.25, 0.3) is 0 Å². The van der Waals surface area contributed by atoms with Gasteiger partial charge in [0, 0.05) is 0 Å². The largest absolute Gasteiger partial charge is 0.493 e. The molecule has 0 radical (unpaired) electrons. The zero-order chi connectivity index (χ0) is 16.9. The minimum atomic E-state index is -1.21. The highest BCUT2D eigenvalue weighted by Crippen LogP contribution is 2.38. The second-order valence-corrected chi connectivity index (χ2v) is 5.75. The van der Waals surface area contributed by atoms with E-state index in [-0.39, 0.29) is 5.78 Å². The topological polar surface area (TPSA) is 65.0 Å². The molecule has 1 aliphatic rings. The quantitative estimate of drug-likeness (QED) is 0.816. The molecule has 1 aromatic carbocycles. The molecular formula is C18H24O5. The minimum absolute atomic E-state index is 0.244. The molecule has 1 fully saturated rings. The highest BCUT2D eigenvalue weighted by molar-refractivity contribution is 6.00. The fraction of sp³-hybridized carbons (Fsp3) is 0.500. The number of rotatable bonds is 6. The van der Waals surface area contributed by atoms with E-state index in [1.807, 2.05) is 0 Å². The molecule has 0 atom stereocenters. The van der Waals surface area contributed by atoms with Gasteiger partial charge in [-0.05, 0) is 36.6 Å². The smallest absolute Gasteiger partial charge is 0.203 e. The SMILES string of the molecule is COc1cc(C=CC(=O)C2(O)CCCCC2)cc(OC)c1OC. The van der Waals surface area contributed by atoms with Crippen molar-refractivity contribution < 1.29 is 24.1 Å². The van der Waals surface area contributed by atoms with Gasteiger partial charge >= 0.3 is 0 Å². The van der Waals surface area contributed by atoms with E-state index in [1.165, 1.54) is 13.2 Å². The molecule has 0 amide bonds. The number of carbonyl (C=O) groups excluding carboxylic acids is 1. The van der Waals surface area contributed by atoms with Crippen LogP contribution < -0.4 is 14.2 Å². The van der Waals surface area contributed by atoms with E-state index in [9.17, 15) is 9.90 Å². The van der Waals surface area contributed by atoms with Crippen LogP contribution in [-0.4, -0.2) is 37.8 Å². The average Bonchev–Trinajstić information content (AvgIpc) is 2.59. The number of ketones is 1. The Balaban J connectivity index is 2.23. The second kappa shape index (κ2) is 7.51. The third kappa shape index (κ3) is 3.85. The highest BCUT2D eigenvalue weighted by Gasteiger charge is 2.35. The number of ether oxygens (including phenoxy) is 3. The number of carbonyl (C=O) groups is 1. The van der Waals surface area contributed by atoms with Gasteiger partial charge in [0.1, 0.15) is 5.60 Å². The summed E-state index contributed by atoms with van der Waals surface area (Å²) in [5.41, 5.74) is -0.470. The molecule has 0 bridgehead atoms. The molecule has 1 N–H and O–H groups in total. The van der Waals surface area contributed by atoms with Crippen LogP contribution in [0.5, 0.6) is 17.2 Å². The van der Waals surface area contributed by atoms with Crippen LogP contribution in [0.15, 0.2) is 18.2 Å². The van der Waals surface area contributed by atoms with Crippen molar-refractivity contribution >= 4 is 11.9 Å². The van der Waals surface area contributed by atoms with Gasteiger partial charge in [0.2, 0.25) is 5.75 Å². The summed E-state index contributed by atoms with van der Waals surface area (Å²) in [7, 11) is 4.62. The van der Waals surface area contributed by atoms with Crippen molar-refractivity contribution in [2.45, 2.75) is 37.7 Å². The molecule has 2 rings (SSSR count). The Morgan fingerprint density at radius 3 is 2.09 bits per heavy atom. The van der Waals surface area contributed by atoms with E-state index < -0.39 is 5.60 Å². The summed E-state index contributed by atoms with van der Waals surface area (Å²) >= 11 is 0. The van der Waals surface area contributed by atoms with Crippen LogP contribution in [-0.2, 0) is 4.79 Å². The molecule has 1 aromatic rings. The number of methoxy groups -OCH3 is 3. The Morgan fingerprint density at radius 1 is 1.04 bits per heavy atom. The van der Waals surface area contributed by atoms with Gasteiger partial charge in [0.15, 0.2) is 17.3 Å². The number of hydrogen-bond acceptors (Lipinski definition) is 5. The van der Waals surface area contributed by atoms with Crippen LogP contribution >= 0.6 is 0 Å². The van der Waals surface area contributed by atoms with E-state index in [0.717, 1.165) is 24.8 Å². The summed E-state index contributed by atoms with van der Waals surface area (Å²) in [5.74, 6) is 1.31. The Hall–Kier alpha value is -2.01. The first-order chi connectivity index (χ1) is 11.0. The number of benzene rings is 1. The fourth-order valence-electron chi connectivity index (χ4n) is 2.91. The monoisotopic (exact) mass is 320 g/mol. The van der Waals surface area contributed by atoms with Gasteiger partial charge in [-0.15, -0.1) is 0 Å². The number of hydrogen-bond donors (Lipinski definition) is 1. The van der Waals surface area contributed by atoms with Crippen LogP contribution in [0.3, 0.4) is 0 Å². The van der Waals surface area contributed by atoms with Crippen LogP contribution in [0.25, 0.3) is 6.08 Å². The van der Waals surface area contributed by atoms with E-state index in [4.69, 9.17) is 14.2 Å². The standard InChI is InChI=1S/C18H24O5/c1-21-14-11-13(12-15(22-2)17(14)23-3)7-8-16(19)18(20)9-5-4-6-10-18/h7-8,11-12,20H,4-6,9-10H2,1-3H3. The fourth-order valence-corrected chi connectivity index (χ4v) is 2.91. The molecule has 0 unspecified atom stereocenters. The predicted octanol–water partition coefficient (Wildman–Crippen LogP) is 2.99. The van der Waals surface area contributed by atoms with Crippen molar-refractivity contribution in [3.05, 3.63) is 23.8 Å². The third-order valence-electron chi connectivity index (χ3n) is 4.25. The Morgan fingerprint density at radius 2 is 1.61 bits per heavy atom. The summed E-state index contributed by atoms with van der Waals surface area (Å²) in [6, 6.07) is 3.52. The predicted molar refractivity (Wildman–Crippen MR) is 88.2 cm³/mol. The Labute approximate surface area is 136 Å². The molecule has 0 spiro atoms. The maximum Gasteiger partial charge on any atom is 0.203 e. The molecule has 1 saturated carbocycles. The van der Waals surface area contributed by atoms with Gasteiger partial charge in [-0.2, -0.15) is 0 Å². The van der Waals surface area contributed by atoms with Crippen LogP contribution in [0.1, 0.15) is 37.7 Å². The average molecular weight is 320 g/mol. The summed E-state index contributed by atoms with van der Waals surface area (Å²) in [5, 5.41) is 10.4. The van der Waals surface area contributed by atoms with Crippen molar-refractivity contribution in [2.24, 2.45) is 0 Å². The maximum absolute atomic E-state index is 12.3. The zero-order valence-corrected chi connectivity index (χ0v) is 13.9. The van der Waals surface area contributed by atoms with E-state index in [2.05, 4.69) is 0 Å². The number of aliphatic hydroxyl groups is 1. The van der Waals surface area contributed by atoms with Gasteiger partial charge in [-0.25, -0.2) is 0 Å². The second-order valence-electron chi connectivity index (χ2n) is 5.75. The maximum atomic E-state index is 12.3. The Kier molecular flexibility index (Phi) is 5.66. The van der Waals surface area contributed by atoms with E-state index >= 15 is 0 Å². The summed E-state index contributed by atoms with van der Waals surface area (Å²) in [4.78, 5) is 12.3. The molecule has 5 nitrogen and oxygen atoms in total. The van der Waals surface area contributed by atoms with Crippen molar-refractivity contribution in [1.29, 1.82) is 0 Å². The van der Waals surface area contributed by atoms with Crippen LogP contribution in [0.2, 0.25) is 0 Å². The molecular weight excluding hydrogens is 296 g/mol. The third-order valence-corrected chi connectivity index (χ3v) is 4.25. The molecule has 23 heavy (non-hydrogen) atoms. The van der Waals surface area contributed by atoms with Gasteiger partial charge in [0.05, 0.1) is 21.3 Å². The van der Waals surface area contributed by atoms with Crippen molar-refractivity contribution in [1.82, 2.24) is 0 Å². The van der Waals surface area contributed by atoms with Gasteiger partial charge in [-0.3, -0.25) is 4.79 Å². The molecule has 5 heteroatoms. The van der Waals surface area contributed by atoms with E-state index in [1.54, 1.807) is 32.4 Å². The Bertz CT molecular complexity index is 560. The molecule has 1 aliphatic carbocycles. The normalized spacial score (nSPS) is 17.0. The molecule has 0 saturated heterocycles. The van der Waals surface area contributed by atoms with Gasteiger partial charge < -0.3 is 19.3 Å².